The fourth-order valence-corrected chi connectivity index (χ4v) is 3.14. The number of Topliss-reactive ketones (excluding diaryl/α,β-unsaturated/α-hetero) is 1. The lowest BCUT2D eigenvalue weighted by Crippen LogP contribution is -2.31. The van der Waals surface area contributed by atoms with Gasteiger partial charge in [0.25, 0.3) is 0 Å². The fraction of sp³-hybridized carbons (Fsp3) is 0.417. The summed E-state index contributed by atoms with van der Waals surface area (Å²) in [4.78, 5) is 11.4. The predicted octanol–water partition coefficient (Wildman–Crippen LogP) is 3.38. The van der Waals surface area contributed by atoms with Gasteiger partial charge in [-0.05, 0) is 31.2 Å². The van der Waals surface area contributed by atoms with Crippen molar-refractivity contribution in [3.8, 4) is 11.5 Å². The van der Waals surface area contributed by atoms with Gasteiger partial charge in [0.05, 0.1) is 13.2 Å². The van der Waals surface area contributed by atoms with Crippen LogP contribution in [-0.4, -0.2) is 18.9 Å². The standard InChI is InChI=1S/C12H17ClNO4P/c1-4-12(15)9(2)14-19(13,16)18-11-7-5-10(17-3)6-8-11/h5-9H,4H2,1-3H3,(H,14,16). The Morgan fingerprint density at radius 1 is 1.37 bits per heavy atom. The largest absolute Gasteiger partial charge is 0.497 e. The van der Waals surface area contributed by atoms with Gasteiger partial charge in [0.1, 0.15) is 17.3 Å². The van der Waals surface area contributed by atoms with Crippen molar-refractivity contribution in [1.82, 2.24) is 5.09 Å². The van der Waals surface area contributed by atoms with Crippen LogP contribution in [0, 0.1) is 0 Å². The molecule has 5 nitrogen and oxygen atoms in total. The number of hydrogen-bond acceptors (Lipinski definition) is 4. The van der Waals surface area contributed by atoms with Gasteiger partial charge in [-0.25, -0.2) is 9.65 Å². The highest BCUT2D eigenvalue weighted by Gasteiger charge is 2.26. The van der Waals surface area contributed by atoms with Crippen molar-refractivity contribution in [3.63, 3.8) is 0 Å². The Morgan fingerprint density at radius 2 is 1.89 bits per heavy atom. The second kappa shape index (κ2) is 6.94. The summed E-state index contributed by atoms with van der Waals surface area (Å²) in [5, 5.41) is 2.50. The van der Waals surface area contributed by atoms with Crippen LogP contribution in [0.4, 0.5) is 0 Å². The first-order valence-electron chi connectivity index (χ1n) is 5.82. The third-order valence-corrected chi connectivity index (χ3v) is 4.10. The number of methoxy groups -OCH3 is 1. The molecule has 0 saturated carbocycles. The summed E-state index contributed by atoms with van der Waals surface area (Å²) in [7, 11) is 1.54. The number of ketones is 1. The van der Waals surface area contributed by atoms with Gasteiger partial charge < -0.3 is 9.26 Å². The van der Waals surface area contributed by atoms with Crippen molar-refractivity contribution in [2.24, 2.45) is 0 Å². The summed E-state index contributed by atoms with van der Waals surface area (Å²) in [5.41, 5.74) is 0. The van der Waals surface area contributed by atoms with E-state index in [1.807, 2.05) is 0 Å². The Hall–Kier alpha value is -1.03. The molecule has 0 aliphatic carbocycles. The number of nitrogens with one attached hydrogen (secondary N) is 1. The minimum Gasteiger partial charge on any atom is -0.497 e. The Labute approximate surface area is 117 Å². The summed E-state index contributed by atoms with van der Waals surface area (Å²) >= 11 is 5.78. The van der Waals surface area contributed by atoms with Crippen LogP contribution in [0.3, 0.4) is 0 Å². The number of hydrogen-bond donors (Lipinski definition) is 1. The zero-order valence-corrected chi connectivity index (χ0v) is 12.7. The van der Waals surface area contributed by atoms with E-state index >= 15 is 0 Å². The normalized spacial score (nSPS) is 15.4. The third kappa shape index (κ3) is 5.23. The number of halogens is 1. The van der Waals surface area contributed by atoms with Gasteiger partial charge in [-0.15, -0.1) is 0 Å². The molecular formula is C12H17ClNO4P. The second-order valence-electron chi connectivity index (χ2n) is 3.92. The van der Waals surface area contributed by atoms with Gasteiger partial charge >= 0.3 is 6.87 Å². The highest BCUT2D eigenvalue weighted by atomic mass is 35.7. The first-order valence-corrected chi connectivity index (χ1v) is 8.34. The van der Waals surface area contributed by atoms with E-state index in [4.69, 9.17) is 20.5 Å². The van der Waals surface area contributed by atoms with Crippen molar-refractivity contribution in [2.45, 2.75) is 26.3 Å². The molecule has 1 aromatic carbocycles. The molecule has 0 saturated heterocycles. The monoisotopic (exact) mass is 305 g/mol. The molecule has 0 radical (unpaired) electrons. The maximum absolute atomic E-state index is 12.0. The topological polar surface area (TPSA) is 64.6 Å². The van der Waals surface area contributed by atoms with E-state index in [0.29, 0.717) is 17.9 Å². The van der Waals surface area contributed by atoms with Crippen LogP contribution in [0.5, 0.6) is 11.5 Å². The molecule has 7 heteroatoms. The van der Waals surface area contributed by atoms with E-state index in [1.165, 1.54) is 0 Å². The average molecular weight is 306 g/mol. The highest BCUT2D eigenvalue weighted by Crippen LogP contribution is 2.48. The molecule has 0 fully saturated rings. The van der Waals surface area contributed by atoms with E-state index in [1.54, 1.807) is 45.2 Å². The summed E-state index contributed by atoms with van der Waals surface area (Å²) < 4.78 is 22.2. The van der Waals surface area contributed by atoms with Gasteiger partial charge in [-0.1, -0.05) is 6.92 Å². The number of ether oxygens (including phenoxy) is 1. The number of carbonyl (C=O) groups excluding carboxylic acids is 1. The van der Waals surface area contributed by atoms with E-state index in [-0.39, 0.29) is 5.78 Å². The lowest BCUT2D eigenvalue weighted by molar-refractivity contribution is -0.120. The maximum atomic E-state index is 12.0. The first-order chi connectivity index (χ1) is 8.88. The quantitative estimate of drug-likeness (QED) is 0.782. The van der Waals surface area contributed by atoms with Crippen molar-refractivity contribution < 1.29 is 18.6 Å². The molecule has 1 rings (SSSR count). The van der Waals surface area contributed by atoms with Gasteiger partial charge in [-0.2, -0.15) is 0 Å². The summed E-state index contributed by atoms with van der Waals surface area (Å²) in [6.07, 6.45) is 0.341. The van der Waals surface area contributed by atoms with Crippen molar-refractivity contribution in [1.29, 1.82) is 0 Å². The smallest absolute Gasteiger partial charge is 0.409 e. The SMILES string of the molecule is CCC(=O)C(C)NP(=O)(Cl)Oc1ccc(OC)cc1. The van der Waals surface area contributed by atoms with Crippen LogP contribution in [0.2, 0.25) is 0 Å². The van der Waals surface area contributed by atoms with Crippen molar-refractivity contribution in [3.05, 3.63) is 24.3 Å². The number of carbonyl (C=O) groups is 1. The fourth-order valence-electron chi connectivity index (χ4n) is 1.41. The van der Waals surface area contributed by atoms with Crippen LogP contribution >= 0.6 is 18.1 Å². The Balaban J connectivity index is 2.67. The Bertz CT molecular complexity index is 477. The second-order valence-corrected chi connectivity index (χ2v) is 6.65. The molecule has 0 amide bonds. The summed E-state index contributed by atoms with van der Waals surface area (Å²) in [6, 6.07) is 5.87. The highest BCUT2D eigenvalue weighted by molar-refractivity contribution is 7.84. The molecule has 19 heavy (non-hydrogen) atoms. The minimum absolute atomic E-state index is 0.0841. The maximum Gasteiger partial charge on any atom is 0.409 e. The van der Waals surface area contributed by atoms with E-state index < -0.39 is 12.9 Å². The van der Waals surface area contributed by atoms with Crippen LogP contribution in [-0.2, 0) is 9.36 Å². The van der Waals surface area contributed by atoms with Crippen molar-refractivity contribution >= 4 is 23.9 Å². The minimum atomic E-state index is -3.60. The van der Waals surface area contributed by atoms with Crippen LogP contribution in [0.15, 0.2) is 24.3 Å². The van der Waals surface area contributed by atoms with E-state index in [2.05, 4.69) is 5.09 Å². The zero-order valence-electron chi connectivity index (χ0n) is 11.1. The van der Waals surface area contributed by atoms with Crippen LogP contribution in [0.1, 0.15) is 20.3 Å². The van der Waals surface area contributed by atoms with E-state index in [9.17, 15) is 9.36 Å². The molecule has 0 spiro atoms. The molecule has 0 aliphatic heterocycles. The third-order valence-electron chi connectivity index (χ3n) is 2.46. The molecule has 0 heterocycles. The van der Waals surface area contributed by atoms with Gasteiger partial charge in [-0.3, -0.25) is 4.79 Å². The molecule has 0 bridgehead atoms. The lowest BCUT2D eigenvalue weighted by Gasteiger charge is -2.18. The molecule has 1 N–H and O–H groups in total. The van der Waals surface area contributed by atoms with Crippen LogP contribution < -0.4 is 14.3 Å². The zero-order chi connectivity index (χ0) is 14.5. The van der Waals surface area contributed by atoms with Crippen molar-refractivity contribution in [2.75, 3.05) is 7.11 Å². The lowest BCUT2D eigenvalue weighted by atomic mass is 10.2. The van der Waals surface area contributed by atoms with Gasteiger partial charge in [0, 0.05) is 17.7 Å². The molecule has 0 aliphatic rings. The number of rotatable bonds is 7. The molecular weight excluding hydrogens is 289 g/mol. The molecule has 2 atom stereocenters. The molecule has 2 unspecified atom stereocenters. The van der Waals surface area contributed by atoms with E-state index in [0.717, 1.165) is 0 Å². The van der Waals surface area contributed by atoms with Gasteiger partial charge in [0.2, 0.25) is 0 Å². The summed E-state index contributed by atoms with van der Waals surface area (Å²) in [5.74, 6) is 0.904. The molecule has 106 valence electrons. The molecule has 1 aromatic rings. The molecule has 0 aromatic heterocycles. The van der Waals surface area contributed by atoms with Gasteiger partial charge in [0.15, 0.2) is 0 Å². The predicted molar refractivity (Wildman–Crippen MR) is 75.0 cm³/mol. The first kappa shape index (κ1) is 16.0. The Morgan fingerprint density at radius 3 is 2.37 bits per heavy atom. The van der Waals surface area contributed by atoms with Crippen LogP contribution in [0.25, 0.3) is 0 Å². The Kier molecular flexibility index (Phi) is 5.85. The summed E-state index contributed by atoms with van der Waals surface area (Å²) in [6.45, 7) is -0.279. The number of benzene rings is 1. The average Bonchev–Trinajstić information content (AvgIpc) is 2.37.